The Hall–Kier alpha value is -3.18. The van der Waals surface area contributed by atoms with E-state index in [2.05, 4.69) is 33.5 Å². The summed E-state index contributed by atoms with van der Waals surface area (Å²) >= 11 is 0. The molecule has 8 heteroatoms. The van der Waals surface area contributed by atoms with Gasteiger partial charge in [0.15, 0.2) is 0 Å². The molecule has 0 radical (unpaired) electrons. The molecule has 0 aromatic carbocycles. The van der Waals surface area contributed by atoms with Gasteiger partial charge in [-0.25, -0.2) is 4.98 Å². The number of aromatic nitrogens is 2. The van der Waals surface area contributed by atoms with Crippen LogP contribution >= 0.6 is 0 Å². The minimum absolute atomic E-state index is 0.179. The van der Waals surface area contributed by atoms with Gasteiger partial charge in [0.05, 0.1) is 11.6 Å². The zero-order valence-electron chi connectivity index (χ0n) is 16.9. The monoisotopic (exact) mass is 392 g/mol. The summed E-state index contributed by atoms with van der Waals surface area (Å²) in [6.45, 7) is 5.73. The normalized spacial score (nSPS) is 20.2. The average molecular weight is 393 g/mol. The first kappa shape index (κ1) is 20.6. The Balaban J connectivity index is 1.79. The Bertz CT molecular complexity index is 941. The summed E-state index contributed by atoms with van der Waals surface area (Å²) in [5, 5.41) is 24.4. The van der Waals surface area contributed by atoms with Crippen LogP contribution in [0.25, 0.3) is 10.9 Å². The molecule has 2 atom stereocenters. The molecule has 1 aliphatic rings. The minimum Gasteiger partial charge on any atom is -0.402 e. The van der Waals surface area contributed by atoms with Crippen molar-refractivity contribution in [2.24, 2.45) is 5.73 Å². The molecule has 152 valence electrons. The highest BCUT2D eigenvalue weighted by Crippen LogP contribution is 2.27. The summed E-state index contributed by atoms with van der Waals surface area (Å²) < 4.78 is 0. The number of hydrogen-bond donors (Lipinski definition) is 4. The number of nitrogens with two attached hydrogens (primary N) is 1. The molecule has 8 nitrogen and oxygen atoms in total. The van der Waals surface area contributed by atoms with E-state index in [1.807, 2.05) is 18.2 Å². The Morgan fingerprint density at radius 2 is 2.34 bits per heavy atom. The molecule has 0 unspecified atom stereocenters. The second-order valence-electron chi connectivity index (χ2n) is 7.51. The molecular weight excluding hydrogens is 364 g/mol. The fourth-order valence-electron chi connectivity index (χ4n) is 3.72. The summed E-state index contributed by atoms with van der Waals surface area (Å²) in [7, 11) is 0. The van der Waals surface area contributed by atoms with E-state index < -0.39 is 0 Å². The first-order valence-electron chi connectivity index (χ1n) is 9.89. The molecule has 2 aromatic rings. The van der Waals surface area contributed by atoms with Gasteiger partial charge < -0.3 is 16.4 Å². The van der Waals surface area contributed by atoms with Gasteiger partial charge in [-0.1, -0.05) is 0 Å². The number of nitrogens with zero attached hydrogens (tertiary/aromatic N) is 4. The van der Waals surface area contributed by atoms with Crippen LogP contribution in [0.15, 0.2) is 36.2 Å². The second-order valence-corrected chi connectivity index (χ2v) is 7.51. The van der Waals surface area contributed by atoms with Crippen LogP contribution in [0.3, 0.4) is 0 Å². The van der Waals surface area contributed by atoms with E-state index in [4.69, 9.17) is 21.4 Å². The average Bonchev–Trinajstić information content (AvgIpc) is 2.66. The molecular formula is C21H28N8. The van der Waals surface area contributed by atoms with E-state index >= 15 is 0 Å². The summed E-state index contributed by atoms with van der Waals surface area (Å²) in [5.74, 6) is 1.50. The zero-order chi connectivity index (χ0) is 20.8. The Morgan fingerprint density at radius 3 is 3.07 bits per heavy atom. The highest BCUT2D eigenvalue weighted by Gasteiger charge is 2.25. The molecule has 0 saturated carbocycles. The number of pyridine rings is 2. The number of rotatable bonds is 6. The standard InChI is InChI=1S/C21H28N8/c1-14(23)11-19(24)27-20-13-18-17(5-3-8-25-18)21(28-20)26-16-6-10-29(9-4-7-22)15(2)12-16/h3,5,8,11,13,15-16H,4,6,9-10,12,23H2,1-2H3,(H3,24,26,27,28)/b14-11-/t15-,16+/m1/s1. The second kappa shape index (κ2) is 9.34. The maximum atomic E-state index is 8.83. The lowest BCUT2D eigenvalue weighted by Gasteiger charge is -2.37. The number of piperidine rings is 1. The Kier molecular flexibility index (Phi) is 6.62. The van der Waals surface area contributed by atoms with Crippen molar-refractivity contribution in [2.75, 3.05) is 23.7 Å². The van der Waals surface area contributed by atoms with Gasteiger partial charge in [0.2, 0.25) is 0 Å². The molecule has 3 rings (SSSR count). The molecule has 0 amide bonds. The molecule has 5 N–H and O–H groups in total. The molecule has 1 fully saturated rings. The van der Waals surface area contributed by atoms with Gasteiger partial charge in [-0.2, -0.15) is 5.26 Å². The van der Waals surface area contributed by atoms with Gasteiger partial charge in [0, 0.05) is 54.9 Å². The lowest BCUT2D eigenvalue weighted by Crippen LogP contribution is -2.45. The van der Waals surface area contributed by atoms with Crippen molar-refractivity contribution in [3.05, 3.63) is 36.2 Å². The molecule has 1 saturated heterocycles. The predicted molar refractivity (Wildman–Crippen MR) is 117 cm³/mol. The lowest BCUT2D eigenvalue weighted by atomic mass is 9.98. The van der Waals surface area contributed by atoms with E-state index in [9.17, 15) is 0 Å². The van der Waals surface area contributed by atoms with Crippen LogP contribution in [-0.2, 0) is 0 Å². The molecule has 0 bridgehead atoms. The molecule has 0 spiro atoms. The third-order valence-electron chi connectivity index (χ3n) is 5.10. The molecule has 0 aliphatic carbocycles. The Morgan fingerprint density at radius 1 is 1.52 bits per heavy atom. The van der Waals surface area contributed by atoms with Crippen LogP contribution in [0, 0.1) is 16.7 Å². The number of likely N-dealkylation sites (tertiary alicyclic amines) is 1. The Labute approximate surface area is 171 Å². The SMILES string of the molecule is C/C(N)=C/C(=N)Nc1cc2ncccc2c(N[C@H]2CCN(CCC#N)[C@H](C)C2)n1. The van der Waals surface area contributed by atoms with E-state index in [-0.39, 0.29) is 5.84 Å². The topological polar surface area (TPSA) is 127 Å². The number of anilines is 2. The number of amidine groups is 1. The van der Waals surface area contributed by atoms with E-state index in [1.165, 1.54) is 0 Å². The van der Waals surface area contributed by atoms with Gasteiger partial charge in [-0.3, -0.25) is 15.3 Å². The summed E-state index contributed by atoms with van der Waals surface area (Å²) in [6.07, 6.45) is 5.84. The third kappa shape index (κ3) is 5.42. The van der Waals surface area contributed by atoms with Crippen molar-refractivity contribution >= 4 is 28.4 Å². The summed E-state index contributed by atoms with van der Waals surface area (Å²) in [6, 6.07) is 8.67. The summed E-state index contributed by atoms with van der Waals surface area (Å²) in [4.78, 5) is 11.5. The highest BCUT2D eigenvalue weighted by atomic mass is 15.2. The summed E-state index contributed by atoms with van der Waals surface area (Å²) in [5.41, 5.74) is 7.03. The van der Waals surface area contributed by atoms with Crippen LogP contribution in [0.5, 0.6) is 0 Å². The van der Waals surface area contributed by atoms with Gasteiger partial charge in [0.25, 0.3) is 0 Å². The van der Waals surface area contributed by atoms with E-state index in [0.717, 1.165) is 42.7 Å². The predicted octanol–water partition coefficient (Wildman–Crippen LogP) is 3.06. The number of nitrogens with one attached hydrogen (secondary N) is 3. The van der Waals surface area contributed by atoms with Crippen molar-refractivity contribution in [1.82, 2.24) is 14.9 Å². The third-order valence-corrected chi connectivity index (χ3v) is 5.10. The van der Waals surface area contributed by atoms with Crippen molar-refractivity contribution < 1.29 is 0 Å². The molecule has 1 aliphatic heterocycles. The van der Waals surface area contributed by atoms with Crippen LogP contribution in [0.4, 0.5) is 11.6 Å². The molecule has 2 aromatic heterocycles. The van der Waals surface area contributed by atoms with Crippen molar-refractivity contribution in [3.8, 4) is 6.07 Å². The molecule has 3 heterocycles. The van der Waals surface area contributed by atoms with Crippen LogP contribution in [-0.4, -0.2) is 45.9 Å². The fourth-order valence-corrected chi connectivity index (χ4v) is 3.72. The van der Waals surface area contributed by atoms with Gasteiger partial charge in [0.1, 0.15) is 17.5 Å². The van der Waals surface area contributed by atoms with Crippen LogP contribution in [0.1, 0.15) is 33.1 Å². The number of hydrogen-bond acceptors (Lipinski definition) is 7. The number of fused-ring (bicyclic) bond motifs is 1. The highest BCUT2D eigenvalue weighted by molar-refractivity contribution is 6.02. The lowest BCUT2D eigenvalue weighted by molar-refractivity contribution is 0.156. The minimum atomic E-state index is 0.179. The van der Waals surface area contributed by atoms with E-state index in [0.29, 0.717) is 30.0 Å². The largest absolute Gasteiger partial charge is 0.402 e. The quantitative estimate of drug-likeness (QED) is 0.439. The fraction of sp³-hybridized carbons (Fsp3) is 0.429. The van der Waals surface area contributed by atoms with Gasteiger partial charge >= 0.3 is 0 Å². The van der Waals surface area contributed by atoms with E-state index in [1.54, 1.807) is 19.2 Å². The van der Waals surface area contributed by atoms with Gasteiger partial charge in [-0.15, -0.1) is 0 Å². The smallest absolute Gasteiger partial charge is 0.138 e. The van der Waals surface area contributed by atoms with Crippen molar-refractivity contribution in [3.63, 3.8) is 0 Å². The number of nitriles is 1. The molecule has 29 heavy (non-hydrogen) atoms. The van der Waals surface area contributed by atoms with Crippen molar-refractivity contribution in [2.45, 2.75) is 45.2 Å². The first-order valence-corrected chi connectivity index (χ1v) is 9.89. The zero-order valence-corrected chi connectivity index (χ0v) is 16.9. The maximum absolute atomic E-state index is 8.83. The van der Waals surface area contributed by atoms with Crippen LogP contribution in [0.2, 0.25) is 0 Å². The first-order chi connectivity index (χ1) is 14.0. The van der Waals surface area contributed by atoms with Crippen molar-refractivity contribution in [1.29, 1.82) is 10.7 Å². The maximum Gasteiger partial charge on any atom is 0.138 e. The van der Waals surface area contributed by atoms with Crippen LogP contribution < -0.4 is 16.4 Å². The van der Waals surface area contributed by atoms with Gasteiger partial charge in [-0.05, 0) is 44.9 Å². The number of allylic oxidation sites excluding steroid dienone is 1.